The smallest absolute Gasteiger partial charge is 0.267 e. The van der Waals surface area contributed by atoms with E-state index in [0.29, 0.717) is 4.34 Å². The number of nitrogens with zero attached hydrogens (tertiary/aromatic N) is 1. The van der Waals surface area contributed by atoms with E-state index in [0.717, 1.165) is 13.0 Å². The van der Waals surface area contributed by atoms with Crippen LogP contribution in [-0.4, -0.2) is 3.96 Å². The van der Waals surface area contributed by atoms with Crippen LogP contribution in [0.5, 0.6) is 0 Å². The number of rotatable bonds is 8. The maximum absolute atomic E-state index is 11.6. The van der Waals surface area contributed by atoms with Crippen LogP contribution < -0.4 is 5.56 Å². The molecular formula is C12H19Cl2NOS. The molecule has 0 spiro atoms. The first-order valence-corrected chi connectivity index (χ1v) is 7.75. The van der Waals surface area contributed by atoms with Crippen molar-refractivity contribution in [3.05, 3.63) is 19.7 Å². The average Bonchev–Trinajstić information content (AvgIpc) is 2.56. The molecular weight excluding hydrogens is 277 g/mol. The molecule has 17 heavy (non-hydrogen) atoms. The van der Waals surface area contributed by atoms with Crippen LogP contribution in [-0.2, 0) is 6.54 Å². The summed E-state index contributed by atoms with van der Waals surface area (Å²) in [6, 6.07) is 0. The highest BCUT2D eigenvalue weighted by molar-refractivity contribution is 7.11. The third kappa shape index (κ3) is 5.02. The molecule has 5 heteroatoms. The Balaban J connectivity index is 2.18. The van der Waals surface area contributed by atoms with Gasteiger partial charge in [-0.3, -0.25) is 8.75 Å². The van der Waals surface area contributed by atoms with Crippen LogP contribution in [0.1, 0.15) is 51.9 Å². The van der Waals surface area contributed by atoms with E-state index in [9.17, 15) is 4.79 Å². The number of aryl methyl sites for hydroxylation is 1. The average molecular weight is 296 g/mol. The summed E-state index contributed by atoms with van der Waals surface area (Å²) in [5.41, 5.74) is -0.146. The molecule has 0 atom stereocenters. The van der Waals surface area contributed by atoms with Crippen molar-refractivity contribution in [2.45, 2.75) is 58.4 Å². The van der Waals surface area contributed by atoms with E-state index in [1.807, 2.05) is 0 Å². The summed E-state index contributed by atoms with van der Waals surface area (Å²) >= 11 is 12.8. The normalized spacial score (nSPS) is 11.0. The fourth-order valence-corrected chi connectivity index (χ4v) is 3.07. The quantitative estimate of drug-likeness (QED) is 0.621. The molecule has 2 nitrogen and oxygen atoms in total. The zero-order chi connectivity index (χ0) is 12.7. The SMILES string of the molecule is CCCCCCCCCn1sc(Cl)c(Cl)c1=O. The Morgan fingerprint density at radius 3 is 2.18 bits per heavy atom. The molecule has 0 amide bonds. The van der Waals surface area contributed by atoms with E-state index in [1.54, 1.807) is 3.96 Å². The molecule has 0 N–H and O–H groups in total. The summed E-state index contributed by atoms with van der Waals surface area (Å²) in [5.74, 6) is 0. The van der Waals surface area contributed by atoms with Crippen LogP contribution in [0.25, 0.3) is 0 Å². The van der Waals surface area contributed by atoms with Gasteiger partial charge in [0.1, 0.15) is 9.36 Å². The van der Waals surface area contributed by atoms with Crippen LogP contribution in [0.4, 0.5) is 0 Å². The minimum Gasteiger partial charge on any atom is -0.267 e. The number of aromatic nitrogens is 1. The summed E-state index contributed by atoms with van der Waals surface area (Å²) in [4.78, 5) is 11.6. The largest absolute Gasteiger partial charge is 0.280 e. The van der Waals surface area contributed by atoms with Crippen molar-refractivity contribution < 1.29 is 0 Å². The molecule has 0 radical (unpaired) electrons. The van der Waals surface area contributed by atoms with Crippen LogP contribution in [0.2, 0.25) is 9.36 Å². The molecule has 0 unspecified atom stereocenters. The fourth-order valence-electron chi connectivity index (χ4n) is 1.73. The first kappa shape index (κ1) is 15.1. The lowest BCUT2D eigenvalue weighted by Gasteiger charge is -2.01. The Bertz CT molecular complexity index is 386. The lowest BCUT2D eigenvalue weighted by molar-refractivity contribution is 0.559. The molecule has 98 valence electrons. The van der Waals surface area contributed by atoms with Gasteiger partial charge >= 0.3 is 0 Å². The summed E-state index contributed by atoms with van der Waals surface area (Å²) in [6.07, 6.45) is 8.68. The van der Waals surface area contributed by atoms with Crippen LogP contribution in [0.3, 0.4) is 0 Å². The number of hydrogen-bond donors (Lipinski definition) is 0. The van der Waals surface area contributed by atoms with Gasteiger partial charge in [0.2, 0.25) is 0 Å². The second kappa shape index (κ2) is 8.17. The van der Waals surface area contributed by atoms with Crippen molar-refractivity contribution in [1.29, 1.82) is 0 Å². The summed E-state index contributed by atoms with van der Waals surface area (Å²) in [5, 5.41) is 0.166. The Morgan fingerprint density at radius 2 is 1.65 bits per heavy atom. The Kier molecular flexibility index (Phi) is 7.24. The lowest BCUT2D eigenvalue weighted by Crippen LogP contribution is -2.13. The summed E-state index contributed by atoms with van der Waals surface area (Å²) in [7, 11) is 0. The van der Waals surface area contributed by atoms with E-state index in [1.165, 1.54) is 50.1 Å². The van der Waals surface area contributed by atoms with Gasteiger partial charge in [-0.2, -0.15) is 0 Å². The van der Waals surface area contributed by atoms with Gasteiger partial charge in [0.15, 0.2) is 0 Å². The molecule has 0 aromatic carbocycles. The molecule has 0 bridgehead atoms. The molecule has 0 aliphatic rings. The number of hydrogen-bond acceptors (Lipinski definition) is 2. The lowest BCUT2D eigenvalue weighted by atomic mass is 10.1. The van der Waals surface area contributed by atoms with E-state index in [-0.39, 0.29) is 10.6 Å². The van der Waals surface area contributed by atoms with Crippen LogP contribution >= 0.6 is 34.7 Å². The highest BCUT2D eigenvalue weighted by Crippen LogP contribution is 2.23. The highest BCUT2D eigenvalue weighted by atomic mass is 35.5. The van der Waals surface area contributed by atoms with Crippen LogP contribution in [0.15, 0.2) is 4.79 Å². The van der Waals surface area contributed by atoms with Crippen molar-refractivity contribution in [1.82, 2.24) is 3.96 Å². The number of unbranched alkanes of at least 4 members (excludes halogenated alkanes) is 6. The molecule has 1 rings (SSSR count). The van der Waals surface area contributed by atoms with Gasteiger partial charge in [0.25, 0.3) is 5.56 Å². The first-order valence-electron chi connectivity index (χ1n) is 6.22. The molecule has 0 saturated heterocycles. The molecule has 1 aromatic rings. The van der Waals surface area contributed by atoms with Gasteiger partial charge < -0.3 is 0 Å². The Morgan fingerprint density at radius 1 is 1.06 bits per heavy atom. The minimum atomic E-state index is -0.146. The Labute approximate surface area is 117 Å². The van der Waals surface area contributed by atoms with Crippen molar-refractivity contribution in [3.8, 4) is 0 Å². The maximum Gasteiger partial charge on any atom is 0.280 e. The highest BCUT2D eigenvalue weighted by Gasteiger charge is 2.10. The van der Waals surface area contributed by atoms with Gasteiger partial charge in [0, 0.05) is 6.54 Å². The van der Waals surface area contributed by atoms with E-state index < -0.39 is 0 Å². The van der Waals surface area contributed by atoms with E-state index in [4.69, 9.17) is 23.2 Å². The second-order valence-electron chi connectivity index (χ2n) is 4.21. The molecule has 0 fully saturated rings. The predicted molar refractivity (Wildman–Crippen MR) is 76.6 cm³/mol. The van der Waals surface area contributed by atoms with Crippen molar-refractivity contribution in [3.63, 3.8) is 0 Å². The van der Waals surface area contributed by atoms with Gasteiger partial charge in [0.05, 0.1) is 0 Å². The van der Waals surface area contributed by atoms with Crippen molar-refractivity contribution in [2.75, 3.05) is 0 Å². The van der Waals surface area contributed by atoms with Gasteiger partial charge in [-0.1, -0.05) is 68.7 Å². The first-order chi connectivity index (χ1) is 8.16. The Hall–Kier alpha value is 0.01000. The molecule has 0 saturated carbocycles. The minimum absolute atomic E-state index is 0.146. The van der Waals surface area contributed by atoms with Gasteiger partial charge in [-0.25, -0.2) is 0 Å². The van der Waals surface area contributed by atoms with Gasteiger partial charge in [-0.15, -0.1) is 0 Å². The predicted octanol–water partition coefficient (Wildman–Crippen LogP) is 4.97. The standard InChI is InChI=1S/C12H19Cl2NOS/c1-2-3-4-5-6-7-8-9-15-12(16)10(13)11(14)17-15/h2-9H2,1H3. The van der Waals surface area contributed by atoms with Crippen molar-refractivity contribution >= 4 is 34.7 Å². The van der Waals surface area contributed by atoms with E-state index in [2.05, 4.69) is 6.92 Å². The second-order valence-corrected chi connectivity index (χ2v) is 6.22. The fraction of sp³-hybridized carbons (Fsp3) is 0.750. The topological polar surface area (TPSA) is 22.0 Å². The molecule has 0 aliphatic carbocycles. The summed E-state index contributed by atoms with van der Waals surface area (Å²) in [6.45, 7) is 2.96. The molecule has 0 aliphatic heterocycles. The maximum atomic E-state index is 11.6. The molecule has 1 aromatic heterocycles. The third-order valence-electron chi connectivity index (χ3n) is 2.74. The van der Waals surface area contributed by atoms with Crippen molar-refractivity contribution in [2.24, 2.45) is 0 Å². The number of halogens is 2. The third-order valence-corrected chi connectivity index (χ3v) is 4.63. The molecule has 1 heterocycles. The van der Waals surface area contributed by atoms with E-state index >= 15 is 0 Å². The summed E-state index contributed by atoms with van der Waals surface area (Å²) < 4.78 is 2.05. The zero-order valence-electron chi connectivity index (χ0n) is 10.2. The monoisotopic (exact) mass is 295 g/mol. The zero-order valence-corrected chi connectivity index (χ0v) is 12.5. The van der Waals surface area contributed by atoms with Gasteiger partial charge in [-0.05, 0) is 18.0 Å². The van der Waals surface area contributed by atoms with Crippen LogP contribution in [0, 0.1) is 0 Å².